The van der Waals surface area contributed by atoms with Crippen molar-refractivity contribution in [3.63, 3.8) is 0 Å². The molecule has 0 saturated carbocycles. The van der Waals surface area contributed by atoms with Crippen molar-refractivity contribution in [1.29, 1.82) is 0 Å². The van der Waals surface area contributed by atoms with Crippen molar-refractivity contribution < 1.29 is 4.79 Å². The zero-order valence-corrected chi connectivity index (χ0v) is 17.5. The van der Waals surface area contributed by atoms with Crippen molar-refractivity contribution in [2.75, 3.05) is 10.9 Å². The maximum absolute atomic E-state index is 11.1. The molecular weight excluding hydrogens is 406 g/mol. The zero-order valence-electron chi connectivity index (χ0n) is 15.9. The number of hydrogen-bond donors (Lipinski definition) is 3. The summed E-state index contributed by atoms with van der Waals surface area (Å²) < 4.78 is 0. The summed E-state index contributed by atoms with van der Waals surface area (Å²) in [7, 11) is 0. The van der Waals surface area contributed by atoms with Gasteiger partial charge in [-0.05, 0) is 42.8 Å². The Morgan fingerprint density at radius 1 is 1.14 bits per heavy atom. The molecule has 29 heavy (non-hydrogen) atoms. The van der Waals surface area contributed by atoms with Crippen LogP contribution in [0.5, 0.6) is 0 Å². The van der Waals surface area contributed by atoms with Gasteiger partial charge in [0, 0.05) is 11.9 Å². The average Bonchev–Trinajstić information content (AvgIpc) is 3.09. The van der Waals surface area contributed by atoms with E-state index >= 15 is 0 Å². The number of halogens is 1. The monoisotopic (exact) mass is 425 g/mol. The predicted molar refractivity (Wildman–Crippen MR) is 121 cm³/mol. The molecule has 2 aromatic carbocycles. The molecule has 6 nitrogen and oxygen atoms in total. The number of para-hydroxylation sites is 1. The summed E-state index contributed by atoms with van der Waals surface area (Å²) in [6, 6.07) is 17.3. The molecule has 0 spiro atoms. The highest BCUT2D eigenvalue weighted by atomic mass is 35.5. The third-order valence-electron chi connectivity index (χ3n) is 3.76. The van der Waals surface area contributed by atoms with Gasteiger partial charge in [0.1, 0.15) is 5.71 Å². The fourth-order valence-corrected chi connectivity index (χ4v) is 3.39. The molecule has 1 heterocycles. The van der Waals surface area contributed by atoms with Crippen LogP contribution in [0.15, 0.2) is 65.8 Å². The van der Waals surface area contributed by atoms with Crippen LogP contribution in [0, 0.1) is 6.92 Å². The third kappa shape index (κ3) is 6.17. The van der Waals surface area contributed by atoms with Gasteiger partial charge < -0.3 is 0 Å². The number of aromatic nitrogens is 1. The fourth-order valence-electron chi connectivity index (χ4n) is 2.38. The molecule has 0 fully saturated rings. The average molecular weight is 426 g/mol. The van der Waals surface area contributed by atoms with Crippen molar-refractivity contribution in [3.8, 4) is 0 Å². The Morgan fingerprint density at radius 3 is 2.55 bits per heavy atom. The van der Waals surface area contributed by atoms with Gasteiger partial charge in [-0.2, -0.15) is 5.10 Å². The highest BCUT2D eigenvalue weighted by Gasteiger charge is 2.12. The highest BCUT2D eigenvalue weighted by molar-refractivity contribution is 7.17. The molecule has 0 saturated heterocycles. The molecule has 0 atom stereocenters. The van der Waals surface area contributed by atoms with Crippen molar-refractivity contribution in [3.05, 3.63) is 81.8 Å². The highest BCUT2D eigenvalue weighted by Crippen LogP contribution is 2.24. The lowest BCUT2D eigenvalue weighted by Gasteiger charge is -2.04. The summed E-state index contributed by atoms with van der Waals surface area (Å²) in [6.45, 7) is 3.33. The van der Waals surface area contributed by atoms with E-state index in [0.717, 1.165) is 27.5 Å². The first-order valence-electron chi connectivity index (χ1n) is 8.84. The molecule has 0 unspecified atom stereocenters. The number of anilines is 2. The molecule has 0 aliphatic rings. The summed E-state index contributed by atoms with van der Waals surface area (Å²) in [4.78, 5) is 16.5. The number of benzene rings is 2. The molecule has 1 amide bonds. The van der Waals surface area contributed by atoms with E-state index in [1.165, 1.54) is 18.3 Å². The molecular formula is C21H20ClN5OS. The van der Waals surface area contributed by atoms with Crippen LogP contribution in [-0.2, 0) is 4.79 Å². The number of hydrogen-bond acceptors (Lipinski definition) is 6. The Kier molecular flexibility index (Phi) is 6.99. The summed E-state index contributed by atoms with van der Waals surface area (Å²) in [6.07, 6.45) is 3.88. The van der Waals surface area contributed by atoms with E-state index in [1.54, 1.807) is 0 Å². The SMILES string of the molecule is CC(=O)NNc1nc(C)c(C(C=Cc2ccc(Cl)cc2)=NNc2ccccc2)s1. The van der Waals surface area contributed by atoms with Crippen LogP contribution in [0.2, 0.25) is 5.02 Å². The Hall–Kier alpha value is -3.16. The normalized spacial score (nSPS) is 11.5. The van der Waals surface area contributed by atoms with Gasteiger partial charge in [0.05, 0.1) is 16.3 Å². The molecule has 3 rings (SSSR count). The van der Waals surface area contributed by atoms with E-state index in [-0.39, 0.29) is 5.91 Å². The lowest BCUT2D eigenvalue weighted by atomic mass is 10.1. The minimum Gasteiger partial charge on any atom is -0.278 e. The Balaban J connectivity index is 1.89. The van der Waals surface area contributed by atoms with Crippen LogP contribution in [0.3, 0.4) is 0 Å². The number of nitrogens with one attached hydrogen (secondary N) is 3. The summed E-state index contributed by atoms with van der Waals surface area (Å²) in [5.74, 6) is -0.193. The fraction of sp³-hybridized carbons (Fsp3) is 0.0952. The van der Waals surface area contributed by atoms with Gasteiger partial charge in [-0.25, -0.2) is 4.98 Å². The number of carbonyl (C=O) groups is 1. The standard InChI is InChI=1S/C21H20ClN5OS/c1-14-20(29-21(23-14)27-24-15(2)28)19(26-25-18-6-4-3-5-7-18)13-10-16-8-11-17(22)12-9-16/h3-13,25H,1-2H3,(H,23,27)(H,24,28). The van der Waals surface area contributed by atoms with E-state index in [1.807, 2.05) is 73.7 Å². The van der Waals surface area contributed by atoms with Gasteiger partial charge in [0.2, 0.25) is 11.0 Å². The molecule has 3 aromatic rings. The quantitative estimate of drug-likeness (QED) is 0.363. The molecule has 3 N–H and O–H groups in total. The Labute approximate surface area is 178 Å². The summed E-state index contributed by atoms with van der Waals surface area (Å²) >= 11 is 7.36. The maximum Gasteiger partial charge on any atom is 0.235 e. The number of hydrazine groups is 1. The molecule has 0 aliphatic heterocycles. The summed E-state index contributed by atoms with van der Waals surface area (Å²) in [5, 5.41) is 5.85. The topological polar surface area (TPSA) is 78.4 Å². The van der Waals surface area contributed by atoms with Crippen LogP contribution in [0.1, 0.15) is 23.1 Å². The second-order valence-corrected chi connectivity index (χ2v) is 7.54. The van der Waals surface area contributed by atoms with E-state index in [9.17, 15) is 4.79 Å². The number of hydrazone groups is 1. The lowest BCUT2D eigenvalue weighted by Crippen LogP contribution is -2.26. The van der Waals surface area contributed by atoms with Crippen LogP contribution in [0.4, 0.5) is 10.8 Å². The minimum absolute atomic E-state index is 0.193. The first-order valence-corrected chi connectivity index (χ1v) is 10.0. The van der Waals surface area contributed by atoms with Gasteiger partial charge in [-0.15, -0.1) is 0 Å². The lowest BCUT2D eigenvalue weighted by molar-refractivity contribution is -0.118. The van der Waals surface area contributed by atoms with Gasteiger partial charge >= 0.3 is 0 Å². The maximum atomic E-state index is 11.1. The number of nitrogens with zero attached hydrogens (tertiary/aromatic N) is 2. The predicted octanol–water partition coefficient (Wildman–Crippen LogP) is 5.10. The number of aryl methyl sites for hydroxylation is 1. The smallest absolute Gasteiger partial charge is 0.235 e. The number of rotatable bonds is 7. The van der Waals surface area contributed by atoms with Gasteiger partial charge in [-0.1, -0.05) is 59.3 Å². The zero-order chi connectivity index (χ0) is 20.6. The Morgan fingerprint density at radius 2 is 1.86 bits per heavy atom. The van der Waals surface area contributed by atoms with Crippen LogP contribution < -0.4 is 16.3 Å². The number of allylic oxidation sites excluding steroid dienone is 1. The summed E-state index contributed by atoms with van der Waals surface area (Å²) in [5.41, 5.74) is 11.8. The van der Waals surface area contributed by atoms with Crippen LogP contribution in [-0.4, -0.2) is 16.6 Å². The van der Waals surface area contributed by atoms with Crippen molar-refractivity contribution in [1.82, 2.24) is 10.4 Å². The second kappa shape index (κ2) is 9.86. The largest absolute Gasteiger partial charge is 0.278 e. The molecule has 8 heteroatoms. The third-order valence-corrected chi connectivity index (χ3v) is 5.10. The van der Waals surface area contributed by atoms with Crippen molar-refractivity contribution in [2.24, 2.45) is 5.10 Å². The van der Waals surface area contributed by atoms with E-state index in [4.69, 9.17) is 11.6 Å². The number of thiazole rings is 1. The van der Waals surface area contributed by atoms with E-state index < -0.39 is 0 Å². The first-order chi connectivity index (χ1) is 14.0. The number of carbonyl (C=O) groups excluding carboxylic acids is 1. The van der Waals surface area contributed by atoms with Crippen LogP contribution in [0.25, 0.3) is 6.08 Å². The van der Waals surface area contributed by atoms with Gasteiger partial charge in [-0.3, -0.25) is 21.1 Å². The first kappa shape index (κ1) is 20.6. The van der Waals surface area contributed by atoms with Crippen LogP contribution >= 0.6 is 22.9 Å². The van der Waals surface area contributed by atoms with Gasteiger partial charge in [0.15, 0.2) is 0 Å². The molecule has 148 valence electrons. The van der Waals surface area contributed by atoms with Crippen molar-refractivity contribution in [2.45, 2.75) is 13.8 Å². The minimum atomic E-state index is -0.193. The van der Waals surface area contributed by atoms with E-state index in [2.05, 4.69) is 26.4 Å². The Bertz CT molecular complexity index is 1030. The molecule has 0 bridgehead atoms. The number of amides is 1. The van der Waals surface area contributed by atoms with Gasteiger partial charge in [0.25, 0.3) is 0 Å². The second-order valence-electron chi connectivity index (χ2n) is 6.10. The van der Waals surface area contributed by atoms with E-state index in [0.29, 0.717) is 10.2 Å². The molecule has 0 aliphatic carbocycles. The van der Waals surface area contributed by atoms with Crippen molar-refractivity contribution >= 4 is 51.5 Å². The molecule has 1 aromatic heterocycles. The molecule has 0 radical (unpaired) electrons.